The minimum atomic E-state index is 0.140. The molecule has 0 aliphatic rings. The summed E-state index contributed by atoms with van der Waals surface area (Å²) in [6.45, 7) is 0. The first-order valence-electron chi connectivity index (χ1n) is 7.48. The molecular weight excluding hydrogens is 469 g/mol. The molecule has 0 amide bonds. The maximum atomic E-state index is 9.01. The first-order valence-corrected chi connectivity index (χ1v) is 9.75. The summed E-state index contributed by atoms with van der Waals surface area (Å²) in [5.41, 5.74) is 2.93. The summed E-state index contributed by atoms with van der Waals surface area (Å²) in [7, 11) is 0. The molecule has 0 saturated heterocycles. The van der Waals surface area contributed by atoms with Gasteiger partial charge in [-0.15, -0.1) is 0 Å². The molecule has 136 valence electrons. The molecule has 8 heteroatoms. The molecule has 0 spiro atoms. The topological polar surface area (TPSA) is 36.7 Å². The van der Waals surface area contributed by atoms with Crippen LogP contribution < -0.4 is 0 Å². The van der Waals surface area contributed by atoms with Crippen molar-refractivity contribution in [2.24, 2.45) is 0 Å². The van der Waals surface area contributed by atoms with Crippen LogP contribution in [0.5, 0.6) is 0 Å². The Morgan fingerprint density at radius 1 is 0.667 bits per heavy atom. The fourth-order valence-electron chi connectivity index (χ4n) is 2.53. The van der Waals surface area contributed by atoms with E-state index in [1.54, 1.807) is 36.4 Å². The smallest absolute Gasteiger partial charge is 0.0800 e. The standard InChI is InChI=1S/C19H8Cl6N2/c20-13-7-17(24)15(22)5-11(13)10-2-1-9(3-4-26)27-19(10)12-6-16(23)18(25)8-14(12)21/h1-2,5-8H,3H2. The highest BCUT2D eigenvalue weighted by atomic mass is 35.5. The number of hydrogen-bond acceptors (Lipinski definition) is 2. The lowest BCUT2D eigenvalue weighted by molar-refractivity contribution is 1.12. The fraction of sp³-hybridized carbons (Fsp3) is 0.0526. The normalized spacial score (nSPS) is 10.7. The average Bonchev–Trinajstić information content (AvgIpc) is 2.62. The van der Waals surface area contributed by atoms with E-state index >= 15 is 0 Å². The summed E-state index contributed by atoms with van der Waals surface area (Å²) in [5, 5.41) is 11.1. The molecule has 3 rings (SSSR count). The second-order valence-electron chi connectivity index (χ2n) is 5.53. The highest BCUT2D eigenvalue weighted by molar-refractivity contribution is 6.45. The van der Waals surface area contributed by atoms with Crippen LogP contribution in [0.1, 0.15) is 5.69 Å². The van der Waals surface area contributed by atoms with Crippen molar-refractivity contribution < 1.29 is 0 Å². The molecule has 1 aromatic heterocycles. The summed E-state index contributed by atoms with van der Waals surface area (Å²) in [5.74, 6) is 0. The molecule has 0 aliphatic heterocycles. The van der Waals surface area contributed by atoms with Crippen LogP contribution in [0.4, 0.5) is 0 Å². The van der Waals surface area contributed by atoms with Crippen molar-refractivity contribution in [3.8, 4) is 28.5 Å². The van der Waals surface area contributed by atoms with Crippen LogP contribution in [0.3, 0.4) is 0 Å². The molecule has 0 radical (unpaired) electrons. The van der Waals surface area contributed by atoms with E-state index in [9.17, 15) is 0 Å². The SMILES string of the molecule is N#CCc1ccc(-c2cc(Cl)c(Cl)cc2Cl)c(-c2cc(Cl)c(Cl)cc2Cl)n1. The van der Waals surface area contributed by atoms with E-state index in [2.05, 4.69) is 11.1 Å². The maximum absolute atomic E-state index is 9.01. The lowest BCUT2D eigenvalue weighted by Gasteiger charge is -2.15. The minimum absolute atomic E-state index is 0.140. The predicted molar refractivity (Wildman–Crippen MR) is 114 cm³/mol. The number of nitrogens with zero attached hydrogens (tertiary/aromatic N) is 2. The molecule has 3 aromatic rings. The van der Waals surface area contributed by atoms with E-state index in [-0.39, 0.29) is 6.42 Å². The van der Waals surface area contributed by atoms with Gasteiger partial charge in [-0.2, -0.15) is 5.26 Å². The molecule has 0 fully saturated rings. The Hall–Kier alpha value is -1.18. The second kappa shape index (κ2) is 8.45. The van der Waals surface area contributed by atoms with Crippen LogP contribution in [-0.4, -0.2) is 4.98 Å². The highest BCUT2D eigenvalue weighted by Crippen LogP contribution is 2.42. The number of aromatic nitrogens is 1. The van der Waals surface area contributed by atoms with Gasteiger partial charge in [0.05, 0.1) is 54.0 Å². The van der Waals surface area contributed by atoms with Crippen molar-refractivity contribution in [1.82, 2.24) is 4.98 Å². The Bertz CT molecular complexity index is 1090. The zero-order chi connectivity index (χ0) is 19.7. The fourth-order valence-corrected chi connectivity index (χ4v) is 3.82. The minimum Gasteiger partial charge on any atom is -0.251 e. The van der Waals surface area contributed by atoms with Crippen molar-refractivity contribution in [3.63, 3.8) is 0 Å². The van der Waals surface area contributed by atoms with E-state index in [0.717, 1.165) is 0 Å². The third-order valence-electron chi connectivity index (χ3n) is 3.78. The number of halogens is 6. The van der Waals surface area contributed by atoms with Gasteiger partial charge in [-0.05, 0) is 30.3 Å². The van der Waals surface area contributed by atoms with E-state index in [0.29, 0.717) is 58.2 Å². The quantitative estimate of drug-likeness (QED) is 0.356. The average molecular weight is 477 g/mol. The summed E-state index contributed by atoms with van der Waals surface area (Å²) < 4.78 is 0. The molecule has 0 unspecified atom stereocenters. The van der Waals surface area contributed by atoms with Gasteiger partial charge in [-0.3, -0.25) is 4.98 Å². The molecule has 1 heterocycles. The van der Waals surface area contributed by atoms with Crippen molar-refractivity contribution in [2.45, 2.75) is 6.42 Å². The Morgan fingerprint density at radius 2 is 1.19 bits per heavy atom. The van der Waals surface area contributed by atoms with Gasteiger partial charge in [0, 0.05) is 16.7 Å². The van der Waals surface area contributed by atoms with Gasteiger partial charge in [-0.25, -0.2) is 0 Å². The lowest BCUT2D eigenvalue weighted by atomic mass is 9.98. The Labute approximate surface area is 186 Å². The lowest BCUT2D eigenvalue weighted by Crippen LogP contribution is -1.96. The maximum Gasteiger partial charge on any atom is 0.0800 e. The number of hydrogen-bond donors (Lipinski definition) is 0. The molecule has 2 nitrogen and oxygen atoms in total. The van der Waals surface area contributed by atoms with Crippen molar-refractivity contribution in [3.05, 3.63) is 72.2 Å². The van der Waals surface area contributed by atoms with Gasteiger partial charge >= 0.3 is 0 Å². The largest absolute Gasteiger partial charge is 0.251 e. The van der Waals surface area contributed by atoms with E-state index in [1.165, 1.54) is 0 Å². The third kappa shape index (κ3) is 4.30. The van der Waals surface area contributed by atoms with Crippen LogP contribution in [0.2, 0.25) is 30.1 Å². The zero-order valence-electron chi connectivity index (χ0n) is 13.3. The van der Waals surface area contributed by atoms with Crippen molar-refractivity contribution in [2.75, 3.05) is 0 Å². The number of pyridine rings is 1. The van der Waals surface area contributed by atoms with Gasteiger partial charge < -0.3 is 0 Å². The molecule has 27 heavy (non-hydrogen) atoms. The highest BCUT2D eigenvalue weighted by Gasteiger charge is 2.18. The molecular formula is C19H8Cl6N2. The Kier molecular flexibility index (Phi) is 6.43. The van der Waals surface area contributed by atoms with Crippen molar-refractivity contribution in [1.29, 1.82) is 5.26 Å². The molecule has 2 aromatic carbocycles. The molecule has 0 saturated carbocycles. The van der Waals surface area contributed by atoms with Crippen molar-refractivity contribution >= 4 is 69.6 Å². The summed E-state index contributed by atoms with van der Waals surface area (Å²) in [6, 6.07) is 12.0. The van der Waals surface area contributed by atoms with Gasteiger partial charge in [-0.1, -0.05) is 75.7 Å². The first-order chi connectivity index (χ1) is 12.8. The molecule has 0 bridgehead atoms. The van der Waals surface area contributed by atoms with Crippen LogP contribution in [0.15, 0.2) is 36.4 Å². The summed E-state index contributed by atoms with van der Waals surface area (Å²) in [4.78, 5) is 4.59. The number of nitriles is 1. The number of rotatable bonds is 3. The van der Waals surface area contributed by atoms with E-state index < -0.39 is 0 Å². The van der Waals surface area contributed by atoms with Gasteiger partial charge in [0.25, 0.3) is 0 Å². The Balaban J connectivity index is 2.33. The second-order valence-corrected chi connectivity index (χ2v) is 7.97. The van der Waals surface area contributed by atoms with E-state index in [4.69, 9.17) is 74.9 Å². The molecule has 0 atom stereocenters. The van der Waals surface area contributed by atoms with Gasteiger partial charge in [0.15, 0.2) is 0 Å². The zero-order valence-corrected chi connectivity index (χ0v) is 17.9. The third-order valence-corrected chi connectivity index (χ3v) is 5.85. The van der Waals surface area contributed by atoms with Crippen LogP contribution >= 0.6 is 69.6 Å². The van der Waals surface area contributed by atoms with Crippen LogP contribution in [-0.2, 0) is 6.42 Å². The van der Waals surface area contributed by atoms with Crippen LogP contribution in [0.25, 0.3) is 22.4 Å². The van der Waals surface area contributed by atoms with Gasteiger partial charge in [0.2, 0.25) is 0 Å². The molecule has 0 N–H and O–H groups in total. The monoisotopic (exact) mass is 474 g/mol. The first kappa shape index (κ1) is 20.6. The summed E-state index contributed by atoms with van der Waals surface area (Å²) in [6.07, 6.45) is 0.140. The van der Waals surface area contributed by atoms with Gasteiger partial charge in [0.1, 0.15) is 0 Å². The Morgan fingerprint density at radius 3 is 1.78 bits per heavy atom. The number of benzene rings is 2. The molecule has 0 aliphatic carbocycles. The summed E-state index contributed by atoms with van der Waals surface area (Å²) >= 11 is 37.2. The van der Waals surface area contributed by atoms with E-state index in [1.807, 2.05) is 0 Å². The predicted octanol–water partition coefficient (Wildman–Crippen LogP) is 8.40. The van der Waals surface area contributed by atoms with Crippen LogP contribution in [0, 0.1) is 11.3 Å².